The summed E-state index contributed by atoms with van der Waals surface area (Å²) < 4.78 is 7.59. The second-order valence-corrected chi connectivity index (χ2v) is 6.80. The molecule has 154 valence electrons. The summed E-state index contributed by atoms with van der Waals surface area (Å²) in [5, 5.41) is 21.1. The van der Waals surface area contributed by atoms with Crippen molar-refractivity contribution < 1.29 is 9.84 Å². The van der Waals surface area contributed by atoms with Crippen molar-refractivity contribution in [2.75, 3.05) is 26.2 Å². The molecule has 2 aromatic rings. The van der Waals surface area contributed by atoms with Gasteiger partial charge in [-0.25, -0.2) is 0 Å². The molecule has 28 heavy (non-hydrogen) atoms. The molecule has 7 nitrogen and oxygen atoms in total. The highest BCUT2D eigenvalue weighted by atomic mass is 16.5. The molecule has 0 fully saturated rings. The molecule has 1 aromatic carbocycles. The third-order valence-corrected chi connectivity index (χ3v) is 4.17. The maximum atomic E-state index is 10.1. The average molecular weight is 388 g/mol. The molecule has 0 saturated heterocycles. The van der Waals surface area contributed by atoms with Gasteiger partial charge < -0.3 is 20.5 Å². The van der Waals surface area contributed by atoms with E-state index in [4.69, 9.17) is 4.74 Å². The molecule has 0 radical (unpaired) electrons. The summed E-state index contributed by atoms with van der Waals surface area (Å²) in [5.41, 5.74) is 3.32. The van der Waals surface area contributed by atoms with Crippen LogP contribution in [0.2, 0.25) is 0 Å². The minimum Gasteiger partial charge on any atom is -0.389 e. The van der Waals surface area contributed by atoms with E-state index < -0.39 is 6.10 Å². The summed E-state index contributed by atoms with van der Waals surface area (Å²) in [6.07, 6.45) is 0.309. The topological polar surface area (TPSA) is 83.7 Å². The zero-order chi connectivity index (χ0) is 20.2. The van der Waals surface area contributed by atoms with Crippen molar-refractivity contribution in [2.45, 2.75) is 46.4 Å². The monoisotopic (exact) mass is 387 g/mol. The van der Waals surface area contributed by atoms with Gasteiger partial charge in [-0.3, -0.25) is 9.67 Å². The zero-order valence-corrected chi connectivity index (χ0v) is 17.2. The number of aliphatic hydroxyl groups is 1. The van der Waals surface area contributed by atoms with E-state index in [0.717, 1.165) is 37.3 Å². The largest absolute Gasteiger partial charge is 0.389 e. The Kier molecular flexibility index (Phi) is 9.51. The van der Waals surface area contributed by atoms with E-state index in [1.165, 1.54) is 5.69 Å². The summed E-state index contributed by atoms with van der Waals surface area (Å²) in [6, 6.07) is 12.0. The molecule has 0 spiro atoms. The fraction of sp³-hybridized carbons (Fsp3) is 0.524. The first-order valence-corrected chi connectivity index (χ1v) is 9.91. The van der Waals surface area contributed by atoms with Crippen LogP contribution in [-0.4, -0.2) is 53.2 Å². The van der Waals surface area contributed by atoms with Gasteiger partial charge in [0.15, 0.2) is 5.96 Å². The van der Waals surface area contributed by atoms with E-state index in [1.54, 1.807) is 0 Å². The Morgan fingerprint density at radius 2 is 2.04 bits per heavy atom. The van der Waals surface area contributed by atoms with Gasteiger partial charge in [0.2, 0.25) is 0 Å². The van der Waals surface area contributed by atoms with E-state index >= 15 is 0 Å². The Hall–Kier alpha value is -2.38. The van der Waals surface area contributed by atoms with Gasteiger partial charge in [-0.1, -0.05) is 30.3 Å². The van der Waals surface area contributed by atoms with Crippen LogP contribution in [0.3, 0.4) is 0 Å². The average Bonchev–Trinajstić information content (AvgIpc) is 3.01. The van der Waals surface area contributed by atoms with Gasteiger partial charge in [-0.2, -0.15) is 5.10 Å². The minimum atomic E-state index is -0.631. The predicted molar refractivity (Wildman–Crippen MR) is 112 cm³/mol. The van der Waals surface area contributed by atoms with Crippen LogP contribution in [0.15, 0.2) is 41.4 Å². The first-order valence-electron chi connectivity index (χ1n) is 9.91. The van der Waals surface area contributed by atoms with Crippen LogP contribution in [-0.2, 0) is 17.9 Å². The van der Waals surface area contributed by atoms with Gasteiger partial charge in [0.1, 0.15) is 0 Å². The van der Waals surface area contributed by atoms with Crippen molar-refractivity contribution in [3.05, 3.63) is 53.3 Å². The van der Waals surface area contributed by atoms with Crippen molar-refractivity contribution in [1.82, 2.24) is 20.4 Å². The summed E-state index contributed by atoms with van der Waals surface area (Å²) in [4.78, 5) is 4.45. The standard InChI is InChI=1S/C21H33N5O2/c1-4-22-21(23-11-8-12-26-18(3)13-17(2)25-26)24-14-20(27)16-28-15-19-9-6-5-7-10-19/h5-7,9-10,13,20,27H,4,8,11-12,14-16H2,1-3H3,(H2,22,23,24). The van der Waals surface area contributed by atoms with Gasteiger partial charge in [0, 0.05) is 25.3 Å². The molecular formula is C21H33N5O2. The molecule has 0 aliphatic rings. The molecule has 0 amide bonds. The first-order chi connectivity index (χ1) is 13.6. The SMILES string of the molecule is CCNC(=NCC(O)COCc1ccccc1)NCCCn1nc(C)cc1C. The molecule has 0 saturated carbocycles. The Labute approximate surface area is 167 Å². The van der Waals surface area contributed by atoms with E-state index in [0.29, 0.717) is 19.1 Å². The van der Waals surface area contributed by atoms with Crippen LogP contribution in [0.25, 0.3) is 0 Å². The maximum Gasteiger partial charge on any atom is 0.191 e. The number of aromatic nitrogens is 2. The molecule has 1 aromatic heterocycles. The fourth-order valence-electron chi connectivity index (χ4n) is 2.82. The van der Waals surface area contributed by atoms with Crippen LogP contribution in [0.4, 0.5) is 0 Å². The maximum absolute atomic E-state index is 10.1. The lowest BCUT2D eigenvalue weighted by molar-refractivity contribution is 0.0331. The number of benzene rings is 1. The number of guanidine groups is 1. The molecular weight excluding hydrogens is 354 g/mol. The van der Waals surface area contributed by atoms with E-state index in [-0.39, 0.29) is 6.61 Å². The number of rotatable bonds is 11. The van der Waals surface area contributed by atoms with Gasteiger partial charge in [-0.05, 0) is 38.8 Å². The molecule has 1 unspecified atom stereocenters. The number of ether oxygens (including phenoxy) is 1. The van der Waals surface area contributed by atoms with E-state index in [2.05, 4.69) is 33.7 Å². The molecule has 2 rings (SSSR count). The number of hydrogen-bond donors (Lipinski definition) is 3. The highest BCUT2D eigenvalue weighted by Gasteiger charge is 2.06. The molecule has 0 aliphatic carbocycles. The molecule has 0 aliphatic heterocycles. The lowest BCUT2D eigenvalue weighted by Gasteiger charge is -2.13. The molecule has 3 N–H and O–H groups in total. The molecule has 1 heterocycles. The Morgan fingerprint density at radius 1 is 1.25 bits per heavy atom. The summed E-state index contributed by atoms with van der Waals surface area (Å²) in [6.45, 7) is 9.56. The lowest BCUT2D eigenvalue weighted by Crippen LogP contribution is -2.39. The first kappa shape index (κ1) is 21.9. The Bertz CT molecular complexity index is 715. The summed E-state index contributed by atoms with van der Waals surface area (Å²) >= 11 is 0. The molecule has 1 atom stereocenters. The number of aryl methyl sites for hydroxylation is 3. The van der Waals surface area contributed by atoms with Gasteiger partial charge >= 0.3 is 0 Å². The third kappa shape index (κ3) is 8.10. The fourth-order valence-corrected chi connectivity index (χ4v) is 2.82. The van der Waals surface area contributed by atoms with Crippen molar-refractivity contribution in [1.29, 1.82) is 0 Å². The van der Waals surface area contributed by atoms with E-state index in [9.17, 15) is 5.11 Å². The molecule has 0 bridgehead atoms. The number of aliphatic hydroxyl groups excluding tert-OH is 1. The van der Waals surface area contributed by atoms with Crippen LogP contribution < -0.4 is 10.6 Å². The second-order valence-electron chi connectivity index (χ2n) is 6.80. The van der Waals surface area contributed by atoms with Crippen molar-refractivity contribution >= 4 is 5.96 Å². The van der Waals surface area contributed by atoms with Crippen molar-refractivity contribution in [3.63, 3.8) is 0 Å². The van der Waals surface area contributed by atoms with Crippen molar-refractivity contribution in [2.24, 2.45) is 4.99 Å². The van der Waals surface area contributed by atoms with Gasteiger partial charge in [0.25, 0.3) is 0 Å². The summed E-state index contributed by atoms with van der Waals surface area (Å²) in [7, 11) is 0. The Morgan fingerprint density at radius 3 is 2.71 bits per heavy atom. The highest BCUT2D eigenvalue weighted by Crippen LogP contribution is 2.02. The quantitative estimate of drug-likeness (QED) is 0.312. The summed E-state index contributed by atoms with van der Waals surface area (Å²) in [5.74, 6) is 0.706. The third-order valence-electron chi connectivity index (χ3n) is 4.17. The number of nitrogens with zero attached hydrogens (tertiary/aromatic N) is 3. The zero-order valence-electron chi connectivity index (χ0n) is 17.2. The van der Waals surface area contributed by atoms with Crippen LogP contribution >= 0.6 is 0 Å². The normalized spacial score (nSPS) is 12.8. The number of hydrogen-bond acceptors (Lipinski definition) is 4. The number of aliphatic imine (C=N–C) groups is 1. The second kappa shape index (κ2) is 12.2. The van der Waals surface area contributed by atoms with E-state index in [1.807, 2.05) is 48.9 Å². The van der Waals surface area contributed by atoms with Crippen LogP contribution in [0, 0.1) is 13.8 Å². The molecule has 7 heteroatoms. The highest BCUT2D eigenvalue weighted by molar-refractivity contribution is 5.79. The minimum absolute atomic E-state index is 0.260. The van der Waals surface area contributed by atoms with Crippen LogP contribution in [0.5, 0.6) is 0 Å². The lowest BCUT2D eigenvalue weighted by atomic mass is 10.2. The van der Waals surface area contributed by atoms with Crippen LogP contribution in [0.1, 0.15) is 30.3 Å². The van der Waals surface area contributed by atoms with Gasteiger partial charge in [0.05, 0.1) is 31.6 Å². The Balaban J connectivity index is 1.67. The number of nitrogens with one attached hydrogen (secondary N) is 2. The van der Waals surface area contributed by atoms with Crippen molar-refractivity contribution in [3.8, 4) is 0 Å². The van der Waals surface area contributed by atoms with Gasteiger partial charge in [-0.15, -0.1) is 0 Å². The predicted octanol–water partition coefficient (Wildman–Crippen LogP) is 2.02. The smallest absolute Gasteiger partial charge is 0.191 e.